The molecule has 1 fully saturated rings. The summed E-state index contributed by atoms with van der Waals surface area (Å²) in [6.45, 7) is 10.7. The van der Waals surface area contributed by atoms with Gasteiger partial charge in [0.2, 0.25) is 0 Å². The van der Waals surface area contributed by atoms with Crippen molar-refractivity contribution in [3.05, 3.63) is 0 Å². The van der Waals surface area contributed by atoms with Crippen LogP contribution in [0.1, 0.15) is 39.5 Å². The van der Waals surface area contributed by atoms with Crippen molar-refractivity contribution in [2.45, 2.75) is 45.6 Å². The third kappa shape index (κ3) is 6.17. The maximum absolute atomic E-state index is 3.41. The summed E-state index contributed by atoms with van der Waals surface area (Å²) in [5.74, 6) is 0.921. The minimum atomic E-state index is 0.768. The molecule has 0 saturated carbocycles. The number of piperidine rings is 1. The van der Waals surface area contributed by atoms with Gasteiger partial charge in [-0.05, 0) is 78.8 Å². The molecule has 18 heavy (non-hydrogen) atoms. The van der Waals surface area contributed by atoms with Crippen LogP contribution in [0.4, 0.5) is 0 Å². The van der Waals surface area contributed by atoms with Crippen molar-refractivity contribution in [3.63, 3.8) is 0 Å². The highest BCUT2D eigenvalue weighted by Gasteiger charge is 2.22. The van der Waals surface area contributed by atoms with Crippen LogP contribution in [0.2, 0.25) is 0 Å². The van der Waals surface area contributed by atoms with Gasteiger partial charge in [0.25, 0.3) is 0 Å². The topological polar surface area (TPSA) is 18.5 Å². The number of rotatable bonds is 8. The molecule has 0 spiro atoms. The standard InChI is InChI=1S/C15H33N3/c1-5-16-10-6-7-14(2)18-11-8-15(9-12-18)13-17(3)4/h14-16H,5-13H2,1-4H3. The Labute approximate surface area is 114 Å². The lowest BCUT2D eigenvalue weighted by atomic mass is 9.95. The highest BCUT2D eigenvalue weighted by molar-refractivity contribution is 4.77. The molecule has 0 aliphatic carbocycles. The predicted molar refractivity (Wildman–Crippen MR) is 80.1 cm³/mol. The van der Waals surface area contributed by atoms with E-state index in [4.69, 9.17) is 0 Å². The van der Waals surface area contributed by atoms with Gasteiger partial charge in [0, 0.05) is 12.6 Å². The van der Waals surface area contributed by atoms with Crippen LogP contribution in [0.15, 0.2) is 0 Å². The molecule has 3 heteroatoms. The molecule has 0 radical (unpaired) electrons. The first-order chi connectivity index (χ1) is 8.63. The quantitative estimate of drug-likeness (QED) is 0.670. The Morgan fingerprint density at radius 3 is 2.50 bits per heavy atom. The zero-order chi connectivity index (χ0) is 13.4. The Hall–Kier alpha value is -0.120. The summed E-state index contributed by atoms with van der Waals surface area (Å²) in [5, 5.41) is 3.41. The van der Waals surface area contributed by atoms with E-state index in [-0.39, 0.29) is 0 Å². The van der Waals surface area contributed by atoms with Gasteiger partial charge in [0.1, 0.15) is 0 Å². The average molecular weight is 255 g/mol. The minimum Gasteiger partial charge on any atom is -0.317 e. The van der Waals surface area contributed by atoms with Crippen LogP contribution < -0.4 is 5.32 Å². The van der Waals surface area contributed by atoms with Crippen LogP contribution in [0, 0.1) is 5.92 Å². The van der Waals surface area contributed by atoms with Gasteiger partial charge in [-0.15, -0.1) is 0 Å². The third-order valence-corrected chi connectivity index (χ3v) is 4.12. The Morgan fingerprint density at radius 2 is 1.94 bits per heavy atom. The number of hydrogen-bond donors (Lipinski definition) is 1. The molecule has 1 atom stereocenters. The van der Waals surface area contributed by atoms with E-state index >= 15 is 0 Å². The molecule has 0 amide bonds. The summed E-state index contributed by atoms with van der Waals surface area (Å²) in [7, 11) is 4.38. The van der Waals surface area contributed by atoms with Crippen molar-refractivity contribution in [1.82, 2.24) is 15.1 Å². The second-order valence-corrected chi connectivity index (χ2v) is 6.09. The summed E-state index contributed by atoms with van der Waals surface area (Å²) < 4.78 is 0. The van der Waals surface area contributed by atoms with Crippen LogP contribution in [0.25, 0.3) is 0 Å². The average Bonchev–Trinajstić information content (AvgIpc) is 2.34. The Balaban J connectivity index is 2.13. The molecule has 3 nitrogen and oxygen atoms in total. The van der Waals surface area contributed by atoms with E-state index in [1.807, 2.05) is 0 Å². The fourth-order valence-corrected chi connectivity index (χ4v) is 2.97. The second-order valence-electron chi connectivity index (χ2n) is 6.09. The summed E-state index contributed by atoms with van der Waals surface area (Å²) in [5.41, 5.74) is 0. The van der Waals surface area contributed by atoms with E-state index in [0.717, 1.165) is 18.5 Å². The largest absolute Gasteiger partial charge is 0.317 e. The Morgan fingerprint density at radius 1 is 1.28 bits per heavy atom. The first-order valence-corrected chi connectivity index (χ1v) is 7.73. The normalized spacial score (nSPS) is 20.5. The van der Waals surface area contributed by atoms with E-state index < -0.39 is 0 Å². The molecule has 1 rings (SSSR count). The van der Waals surface area contributed by atoms with Gasteiger partial charge in [-0.1, -0.05) is 6.92 Å². The van der Waals surface area contributed by atoms with Crippen LogP contribution in [0.5, 0.6) is 0 Å². The molecule has 1 saturated heterocycles. The predicted octanol–water partition coefficient (Wildman–Crippen LogP) is 2.04. The van der Waals surface area contributed by atoms with Crippen LogP contribution in [0.3, 0.4) is 0 Å². The molecule has 1 aliphatic heterocycles. The lowest BCUT2D eigenvalue weighted by molar-refractivity contribution is 0.121. The fraction of sp³-hybridized carbons (Fsp3) is 1.00. The summed E-state index contributed by atoms with van der Waals surface area (Å²) in [4.78, 5) is 5.03. The van der Waals surface area contributed by atoms with E-state index in [2.05, 4.69) is 43.1 Å². The number of likely N-dealkylation sites (tertiary alicyclic amines) is 1. The zero-order valence-corrected chi connectivity index (χ0v) is 12.9. The lowest BCUT2D eigenvalue weighted by Crippen LogP contribution is -2.42. The SMILES string of the molecule is CCNCCCC(C)N1CCC(CN(C)C)CC1. The first kappa shape index (κ1) is 15.9. The summed E-state index contributed by atoms with van der Waals surface area (Å²) in [6.07, 6.45) is 5.42. The minimum absolute atomic E-state index is 0.768. The zero-order valence-electron chi connectivity index (χ0n) is 12.9. The van der Waals surface area contributed by atoms with E-state index in [9.17, 15) is 0 Å². The molecule has 0 aromatic heterocycles. The van der Waals surface area contributed by atoms with Gasteiger partial charge >= 0.3 is 0 Å². The Bertz CT molecular complexity index is 198. The van der Waals surface area contributed by atoms with Crippen molar-refractivity contribution >= 4 is 0 Å². The molecule has 108 valence electrons. The molecule has 1 aliphatic rings. The van der Waals surface area contributed by atoms with Crippen LogP contribution >= 0.6 is 0 Å². The van der Waals surface area contributed by atoms with E-state index in [1.54, 1.807) is 0 Å². The Kier molecular flexibility index (Phi) is 7.87. The fourth-order valence-electron chi connectivity index (χ4n) is 2.97. The molecule has 0 bridgehead atoms. The number of nitrogens with one attached hydrogen (secondary N) is 1. The van der Waals surface area contributed by atoms with Crippen molar-refractivity contribution in [2.24, 2.45) is 5.92 Å². The monoisotopic (exact) mass is 255 g/mol. The molecule has 1 N–H and O–H groups in total. The summed E-state index contributed by atoms with van der Waals surface area (Å²) in [6, 6.07) is 0.768. The van der Waals surface area contributed by atoms with E-state index in [0.29, 0.717) is 0 Å². The number of nitrogens with zero attached hydrogens (tertiary/aromatic N) is 2. The molecular formula is C15H33N3. The van der Waals surface area contributed by atoms with Gasteiger partial charge in [0.15, 0.2) is 0 Å². The van der Waals surface area contributed by atoms with Crippen LogP contribution in [-0.2, 0) is 0 Å². The lowest BCUT2D eigenvalue weighted by Gasteiger charge is -2.37. The molecule has 1 unspecified atom stereocenters. The highest BCUT2D eigenvalue weighted by atomic mass is 15.2. The van der Waals surface area contributed by atoms with Gasteiger partial charge in [0.05, 0.1) is 0 Å². The van der Waals surface area contributed by atoms with Gasteiger partial charge < -0.3 is 15.1 Å². The molecule has 0 aromatic rings. The van der Waals surface area contributed by atoms with Gasteiger partial charge in [-0.2, -0.15) is 0 Å². The summed E-state index contributed by atoms with van der Waals surface area (Å²) >= 11 is 0. The highest BCUT2D eigenvalue weighted by Crippen LogP contribution is 2.20. The van der Waals surface area contributed by atoms with E-state index in [1.165, 1.54) is 51.9 Å². The first-order valence-electron chi connectivity index (χ1n) is 7.73. The van der Waals surface area contributed by atoms with Crippen molar-refractivity contribution in [3.8, 4) is 0 Å². The van der Waals surface area contributed by atoms with Crippen molar-refractivity contribution in [2.75, 3.05) is 46.8 Å². The maximum Gasteiger partial charge on any atom is 0.00674 e. The van der Waals surface area contributed by atoms with Crippen LogP contribution in [-0.4, -0.2) is 62.7 Å². The van der Waals surface area contributed by atoms with Crippen molar-refractivity contribution in [1.29, 1.82) is 0 Å². The number of hydrogen-bond acceptors (Lipinski definition) is 3. The van der Waals surface area contributed by atoms with Crippen molar-refractivity contribution < 1.29 is 0 Å². The van der Waals surface area contributed by atoms with Gasteiger partial charge in [-0.25, -0.2) is 0 Å². The molecule has 0 aromatic carbocycles. The van der Waals surface area contributed by atoms with Gasteiger partial charge in [-0.3, -0.25) is 0 Å². The molecule has 1 heterocycles. The maximum atomic E-state index is 3.41. The third-order valence-electron chi connectivity index (χ3n) is 4.12. The molecular weight excluding hydrogens is 222 g/mol. The second kappa shape index (κ2) is 8.89. The smallest absolute Gasteiger partial charge is 0.00674 e.